The van der Waals surface area contributed by atoms with Crippen molar-refractivity contribution in [1.82, 2.24) is 0 Å². The molecule has 2 rings (SSSR count). The second-order valence-electron chi connectivity index (χ2n) is 4.36. The average molecular weight is 236 g/mol. The highest BCUT2D eigenvalue weighted by Crippen LogP contribution is 2.45. The van der Waals surface area contributed by atoms with Gasteiger partial charge in [-0.05, 0) is 43.4 Å². The van der Waals surface area contributed by atoms with Crippen LogP contribution in [-0.2, 0) is 5.41 Å². The maximum Gasteiger partial charge on any atom is 0.140 e. The molecule has 0 spiro atoms. The molecule has 0 saturated heterocycles. The third kappa shape index (κ3) is 1.56. The predicted octanol–water partition coefficient (Wildman–Crippen LogP) is 3.60. The van der Waals surface area contributed by atoms with E-state index in [9.17, 15) is 5.26 Å². The maximum absolute atomic E-state index is 9.27. The summed E-state index contributed by atoms with van der Waals surface area (Å²) in [7, 11) is 1.61. The summed E-state index contributed by atoms with van der Waals surface area (Å²) in [5, 5.41) is 9.87. The van der Waals surface area contributed by atoms with Crippen LogP contribution in [0.4, 0.5) is 0 Å². The van der Waals surface area contributed by atoms with Crippen LogP contribution in [0.5, 0.6) is 5.75 Å². The van der Waals surface area contributed by atoms with Crippen molar-refractivity contribution in [3.8, 4) is 11.8 Å². The normalized spacial score (nSPS) is 17.4. The minimum atomic E-state index is -0.305. The third-order valence-corrected chi connectivity index (χ3v) is 3.69. The van der Waals surface area contributed by atoms with E-state index in [-0.39, 0.29) is 5.41 Å². The average Bonchev–Trinajstić information content (AvgIpc) is 2.16. The number of nitrogens with zero attached hydrogens (tertiary/aromatic N) is 1. The van der Waals surface area contributed by atoms with Crippen molar-refractivity contribution in [2.45, 2.75) is 31.6 Å². The Kier molecular flexibility index (Phi) is 2.82. The molecule has 0 bridgehead atoms. The smallest absolute Gasteiger partial charge is 0.140 e. The number of nitriles is 1. The summed E-state index contributed by atoms with van der Waals surface area (Å²) in [5.74, 6) is 0.706. The molecule has 0 aromatic heterocycles. The molecule has 1 aromatic rings. The first-order valence-electron chi connectivity index (χ1n) is 5.39. The number of benzene rings is 1. The number of hydrogen-bond donors (Lipinski definition) is 0. The van der Waals surface area contributed by atoms with Crippen molar-refractivity contribution in [3.63, 3.8) is 0 Å². The molecule has 3 heteroatoms. The van der Waals surface area contributed by atoms with Gasteiger partial charge in [-0.15, -0.1) is 0 Å². The van der Waals surface area contributed by atoms with Crippen LogP contribution in [0.3, 0.4) is 0 Å². The van der Waals surface area contributed by atoms with Crippen LogP contribution in [0.1, 0.15) is 30.4 Å². The van der Waals surface area contributed by atoms with E-state index < -0.39 is 0 Å². The molecule has 1 saturated carbocycles. The van der Waals surface area contributed by atoms with E-state index in [1.54, 1.807) is 7.11 Å². The summed E-state index contributed by atoms with van der Waals surface area (Å²) in [6.45, 7) is 1.96. The van der Waals surface area contributed by atoms with E-state index in [1.807, 2.05) is 19.1 Å². The molecule has 0 amide bonds. The standard InChI is InChI=1S/C13H14ClNO/c1-9-6-10(7-11(14)12(9)16-2)13(8-15)4-3-5-13/h6-7H,3-5H2,1-2H3. The Balaban J connectivity index is 2.48. The number of hydrogen-bond acceptors (Lipinski definition) is 2. The van der Waals surface area contributed by atoms with Gasteiger partial charge in [0.05, 0.1) is 23.6 Å². The van der Waals surface area contributed by atoms with Crippen molar-refractivity contribution >= 4 is 11.6 Å². The molecule has 1 fully saturated rings. The highest BCUT2D eigenvalue weighted by atomic mass is 35.5. The van der Waals surface area contributed by atoms with Crippen LogP contribution in [0.15, 0.2) is 12.1 Å². The molecular formula is C13H14ClNO. The zero-order valence-electron chi connectivity index (χ0n) is 9.51. The lowest BCUT2D eigenvalue weighted by Crippen LogP contribution is -2.32. The number of aryl methyl sites for hydroxylation is 1. The molecule has 2 nitrogen and oxygen atoms in total. The molecule has 84 valence electrons. The Labute approximate surface area is 101 Å². The summed E-state index contributed by atoms with van der Waals surface area (Å²) in [4.78, 5) is 0. The quantitative estimate of drug-likeness (QED) is 0.785. The van der Waals surface area contributed by atoms with Crippen LogP contribution in [0, 0.1) is 18.3 Å². The molecule has 16 heavy (non-hydrogen) atoms. The molecule has 0 N–H and O–H groups in total. The Morgan fingerprint density at radius 1 is 1.44 bits per heavy atom. The van der Waals surface area contributed by atoms with Gasteiger partial charge >= 0.3 is 0 Å². The molecule has 0 radical (unpaired) electrons. The molecule has 0 heterocycles. The fourth-order valence-corrected chi connectivity index (χ4v) is 2.60. The molecule has 1 aromatic carbocycles. The van der Waals surface area contributed by atoms with Gasteiger partial charge in [0, 0.05) is 0 Å². The zero-order valence-corrected chi connectivity index (χ0v) is 10.3. The lowest BCUT2D eigenvalue weighted by Gasteiger charge is -2.36. The van der Waals surface area contributed by atoms with Crippen LogP contribution >= 0.6 is 11.6 Å². The van der Waals surface area contributed by atoms with Crippen molar-refractivity contribution < 1.29 is 4.74 Å². The molecule has 0 aliphatic heterocycles. The van der Waals surface area contributed by atoms with Crippen LogP contribution in [-0.4, -0.2) is 7.11 Å². The second kappa shape index (κ2) is 3.99. The van der Waals surface area contributed by atoms with Crippen LogP contribution < -0.4 is 4.74 Å². The Morgan fingerprint density at radius 2 is 2.12 bits per heavy atom. The van der Waals surface area contributed by atoms with Crippen molar-refractivity contribution in [1.29, 1.82) is 5.26 Å². The fourth-order valence-electron chi connectivity index (χ4n) is 2.26. The predicted molar refractivity (Wildman–Crippen MR) is 63.9 cm³/mol. The summed E-state index contributed by atoms with van der Waals surface area (Å²) < 4.78 is 5.21. The van der Waals surface area contributed by atoms with Gasteiger partial charge in [-0.1, -0.05) is 17.7 Å². The Hall–Kier alpha value is -1.20. The van der Waals surface area contributed by atoms with Gasteiger partial charge in [-0.25, -0.2) is 0 Å². The topological polar surface area (TPSA) is 33.0 Å². The minimum Gasteiger partial charge on any atom is -0.495 e. The van der Waals surface area contributed by atoms with Crippen molar-refractivity contribution in [2.24, 2.45) is 0 Å². The first-order chi connectivity index (χ1) is 7.63. The van der Waals surface area contributed by atoms with E-state index in [4.69, 9.17) is 16.3 Å². The summed E-state index contributed by atoms with van der Waals surface area (Å²) >= 11 is 6.14. The Bertz CT molecular complexity index is 434. The third-order valence-electron chi connectivity index (χ3n) is 3.41. The highest BCUT2D eigenvalue weighted by molar-refractivity contribution is 6.32. The SMILES string of the molecule is COc1c(C)cc(C2(C#N)CCC2)cc1Cl. The van der Waals surface area contributed by atoms with E-state index >= 15 is 0 Å². The number of halogens is 1. The van der Waals surface area contributed by atoms with E-state index in [0.29, 0.717) is 10.8 Å². The van der Waals surface area contributed by atoms with E-state index in [2.05, 4.69) is 6.07 Å². The summed E-state index contributed by atoms with van der Waals surface area (Å²) in [6.07, 6.45) is 2.99. The van der Waals surface area contributed by atoms with Gasteiger partial charge in [0.1, 0.15) is 5.75 Å². The number of methoxy groups -OCH3 is 1. The second-order valence-corrected chi connectivity index (χ2v) is 4.76. The van der Waals surface area contributed by atoms with Crippen LogP contribution in [0.25, 0.3) is 0 Å². The molecular weight excluding hydrogens is 222 g/mol. The molecule has 0 unspecified atom stereocenters. The lowest BCUT2D eigenvalue weighted by atomic mass is 9.65. The van der Waals surface area contributed by atoms with Gasteiger partial charge in [0.15, 0.2) is 0 Å². The van der Waals surface area contributed by atoms with Gasteiger partial charge in [-0.3, -0.25) is 0 Å². The summed E-state index contributed by atoms with van der Waals surface area (Å²) in [5.41, 5.74) is 1.72. The molecule has 1 aliphatic carbocycles. The van der Waals surface area contributed by atoms with Crippen molar-refractivity contribution in [3.05, 3.63) is 28.3 Å². The Morgan fingerprint density at radius 3 is 2.50 bits per heavy atom. The van der Waals surface area contributed by atoms with Gasteiger partial charge < -0.3 is 4.74 Å². The number of ether oxygens (including phenoxy) is 1. The van der Waals surface area contributed by atoms with Gasteiger partial charge in [0.25, 0.3) is 0 Å². The van der Waals surface area contributed by atoms with E-state index in [0.717, 1.165) is 30.4 Å². The van der Waals surface area contributed by atoms with Crippen molar-refractivity contribution in [2.75, 3.05) is 7.11 Å². The monoisotopic (exact) mass is 235 g/mol. The molecule has 0 atom stereocenters. The van der Waals surface area contributed by atoms with E-state index in [1.165, 1.54) is 0 Å². The maximum atomic E-state index is 9.27. The van der Waals surface area contributed by atoms with Crippen LogP contribution in [0.2, 0.25) is 5.02 Å². The molecule has 1 aliphatic rings. The largest absolute Gasteiger partial charge is 0.495 e. The first-order valence-corrected chi connectivity index (χ1v) is 5.76. The van der Waals surface area contributed by atoms with Gasteiger partial charge in [0.2, 0.25) is 0 Å². The first kappa shape index (κ1) is 11.3. The number of rotatable bonds is 2. The van der Waals surface area contributed by atoms with Gasteiger partial charge in [-0.2, -0.15) is 5.26 Å². The lowest BCUT2D eigenvalue weighted by molar-refractivity contribution is 0.323. The fraction of sp³-hybridized carbons (Fsp3) is 0.462. The summed E-state index contributed by atoms with van der Waals surface area (Å²) in [6, 6.07) is 6.32. The minimum absolute atomic E-state index is 0.305. The zero-order chi connectivity index (χ0) is 11.8. The highest BCUT2D eigenvalue weighted by Gasteiger charge is 2.39.